The third kappa shape index (κ3) is 2.63. The van der Waals surface area contributed by atoms with Crippen LogP contribution in [0.15, 0.2) is 16.7 Å². The molecule has 1 amide bonds. The molecule has 0 saturated heterocycles. The molecule has 1 aliphatic rings. The molecule has 0 spiro atoms. The lowest BCUT2D eigenvalue weighted by Crippen LogP contribution is -2.28. The first-order valence-electron chi connectivity index (χ1n) is 5.27. The quantitative estimate of drug-likeness (QED) is 0.897. The summed E-state index contributed by atoms with van der Waals surface area (Å²) >= 11 is 3.19. The molecule has 1 fully saturated rings. The summed E-state index contributed by atoms with van der Waals surface area (Å²) in [5, 5.41) is 11.5. The fraction of sp³-hybridized carbons (Fsp3) is 0.364. The number of halogens is 1. The van der Waals surface area contributed by atoms with Crippen molar-refractivity contribution in [3.05, 3.63) is 22.3 Å². The van der Waals surface area contributed by atoms with Gasteiger partial charge in [-0.3, -0.25) is 4.79 Å². The zero-order valence-corrected chi connectivity index (χ0v) is 10.5. The number of carbonyl (C=O) groups excluding carboxylic acids is 1. The largest absolute Gasteiger partial charge is 0.478 e. The van der Waals surface area contributed by atoms with Crippen molar-refractivity contribution in [2.24, 2.45) is 5.92 Å². The molecule has 0 radical (unpaired) electrons. The first-order chi connectivity index (χ1) is 8.08. The van der Waals surface area contributed by atoms with Crippen LogP contribution in [0.4, 0.5) is 5.82 Å². The molecule has 0 aliphatic heterocycles. The molecular weight excluding hydrogens is 288 g/mol. The van der Waals surface area contributed by atoms with Gasteiger partial charge in [0, 0.05) is 12.1 Å². The number of anilines is 1. The van der Waals surface area contributed by atoms with Gasteiger partial charge < -0.3 is 10.4 Å². The van der Waals surface area contributed by atoms with Gasteiger partial charge in [0.05, 0.1) is 10.0 Å². The van der Waals surface area contributed by atoms with Crippen LogP contribution in [0.3, 0.4) is 0 Å². The molecule has 2 N–H and O–H groups in total. The minimum atomic E-state index is -1.05. The number of rotatable bonds is 3. The lowest BCUT2D eigenvalue weighted by Gasteiger charge is -2.23. The van der Waals surface area contributed by atoms with Crippen LogP contribution in [0.5, 0.6) is 0 Å². The van der Waals surface area contributed by atoms with Crippen LogP contribution in [0.25, 0.3) is 0 Å². The SMILES string of the molecule is O=C(O)c1cnc(NC(=O)C2CCC2)c(Br)c1. The van der Waals surface area contributed by atoms with Crippen LogP contribution in [-0.4, -0.2) is 22.0 Å². The van der Waals surface area contributed by atoms with Gasteiger partial charge in [0.15, 0.2) is 0 Å². The summed E-state index contributed by atoms with van der Waals surface area (Å²) in [5.74, 6) is -0.655. The lowest BCUT2D eigenvalue weighted by atomic mass is 9.85. The summed E-state index contributed by atoms with van der Waals surface area (Å²) in [6.45, 7) is 0. The summed E-state index contributed by atoms with van der Waals surface area (Å²) in [7, 11) is 0. The lowest BCUT2D eigenvalue weighted by molar-refractivity contribution is -0.122. The molecule has 0 aromatic carbocycles. The summed E-state index contributed by atoms with van der Waals surface area (Å²) in [6, 6.07) is 1.42. The highest BCUT2D eigenvalue weighted by atomic mass is 79.9. The van der Waals surface area contributed by atoms with E-state index in [4.69, 9.17) is 5.11 Å². The van der Waals surface area contributed by atoms with Crippen molar-refractivity contribution in [2.45, 2.75) is 19.3 Å². The van der Waals surface area contributed by atoms with Gasteiger partial charge in [0.1, 0.15) is 5.82 Å². The monoisotopic (exact) mass is 298 g/mol. The number of hydrogen-bond donors (Lipinski definition) is 2. The van der Waals surface area contributed by atoms with Crippen molar-refractivity contribution in [3.63, 3.8) is 0 Å². The third-order valence-corrected chi connectivity index (χ3v) is 3.41. The zero-order valence-electron chi connectivity index (χ0n) is 8.94. The van der Waals surface area contributed by atoms with E-state index in [-0.39, 0.29) is 17.4 Å². The number of amides is 1. The van der Waals surface area contributed by atoms with Gasteiger partial charge in [-0.1, -0.05) is 6.42 Å². The number of nitrogens with one attached hydrogen (secondary N) is 1. The van der Waals surface area contributed by atoms with Gasteiger partial charge in [-0.25, -0.2) is 9.78 Å². The fourth-order valence-electron chi connectivity index (χ4n) is 1.54. The predicted octanol–water partition coefficient (Wildman–Crippen LogP) is 2.28. The summed E-state index contributed by atoms with van der Waals surface area (Å²) < 4.78 is 0.477. The van der Waals surface area contributed by atoms with Crippen molar-refractivity contribution in [1.29, 1.82) is 0 Å². The Morgan fingerprint density at radius 1 is 1.47 bits per heavy atom. The number of nitrogens with zero attached hydrogens (tertiary/aromatic N) is 1. The molecule has 0 bridgehead atoms. The maximum Gasteiger partial charge on any atom is 0.337 e. The highest BCUT2D eigenvalue weighted by Crippen LogP contribution is 2.28. The minimum Gasteiger partial charge on any atom is -0.478 e. The van der Waals surface area contributed by atoms with E-state index >= 15 is 0 Å². The maximum absolute atomic E-state index is 11.7. The Labute approximate surface area is 106 Å². The van der Waals surface area contributed by atoms with Crippen LogP contribution >= 0.6 is 15.9 Å². The van der Waals surface area contributed by atoms with Gasteiger partial charge in [-0.15, -0.1) is 0 Å². The van der Waals surface area contributed by atoms with E-state index in [0.29, 0.717) is 10.3 Å². The molecule has 1 aliphatic carbocycles. The van der Waals surface area contributed by atoms with Gasteiger partial charge in [-0.2, -0.15) is 0 Å². The first-order valence-corrected chi connectivity index (χ1v) is 6.07. The van der Waals surface area contributed by atoms with Gasteiger partial charge >= 0.3 is 5.97 Å². The molecule has 90 valence electrons. The Bertz CT molecular complexity index is 472. The van der Waals surface area contributed by atoms with Crippen LogP contribution in [0.1, 0.15) is 29.6 Å². The summed E-state index contributed by atoms with van der Waals surface area (Å²) in [6.07, 6.45) is 4.14. The van der Waals surface area contributed by atoms with E-state index in [1.165, 1.54) is 12.3 Å². The van der Waals surface area contributed by atoms with Gasteiger partial charge in [0.2, 0.25) is 5.91 Å². The number of aromatic carboxylic acids is 1. The normalized spacial score (nSPS) is 15.1. The van der Waals surface area contributed by atoms with Crippen LogP contribution in [-0.2, 0) is 4.79 Å². The Kier molecular flexibility index (Phi) is 3.42. The van der Waals surface area contributed by atoms with Crippen LogP contribution < -0.4 is 5.32 Å². The second kappa shape index (κ2) is 4.83. The fourth-order valence-corrected chi connectivity index (χ4v) is 1.98. The molecule has 1 saturated carbocycles. The minimum absolute atomic E-state index is 0.0486. The van der Waals surface area contributed by atoms with E-state index in [2.05, 4.69) is 26.2 Å². The standard InChI is InChI=1S/C11H11BrN2O3/c12-8-4-7(11(16)17)5-13-9(8)14-10(15)6-2-1-3-6/h4-6H,1-3H2,(H,16,17)(H,13,14,15). The van der Waals surface area contributed by atoms with Crippen molar-refractivity contribution in [1.82, 2.24) is 4.98 Å². The Morgan fingerprint density at radius 2 is 2.18 bits per heavy atom. The number of aromatic nitrogens is 1. The first kappa shape index (κ1) is 12.0. The van der Waals surface area contributed by atoms with E-state index in [1.807, 2.05) is 0 Å². The maximum atomic E-state index is 11.7. The molecule has 1 heterocycles. The van der Waals surface area contributed by atoms with Crippen LogP contribution in [0, 0.1) is 5.92 Å². The molecule has 6 heteroatoms. The van der Waals surface area contributed by atoms with Gasteiger partial charge in [0.25, 0.3) is 0 Å². The molecular formula is C11H11BrN2O3. The number of hydrogen-bond acceptors (Lipinski definition) is 3. The zero-order chi connectivity index (χ0) is 12.4. The number of carboxylic acids is 1. The Morgan fingerprint density at radius 3 is 2.65 bits per heavy atom. The molecule has 1 aromatic rings. The average molecular weight is 299 g/mol. The number of pyridine rings is 1. The smallest absolute Gasteiger partial charge is 0.337 e. The van der Waals surface area contributed by atoms with Crippen molar-refractivity contribution in [3.8, 4) is 0 Å². The van der Waals surface area contributed by atoms with Crippen molar-refractivity contribution >= 4 is 33.6 Å². The van der Waals surface area contributed by atoms with Crippen molar-refractivity contribution < 1.29 is 14.7 Å². The number of carboxylic acid groups (broad SMARTS) is 1. The third-order valence-electron chi connectivity index (χ3n) is 2.81. The Balaban J connectivity index is 2.10. The van der Waals surface area contributed by atoms with E-state index in [9.17, 15) is 9.59 Å². The van der Waals surface area contributed by atoms with Crippen LogP contribution in [0.2, 0.25) is 0 Å². The second-order valence-electron chi connectivity index (χ2n) is 3.98. The van der Waals surface area contributed by atoms with Crippen molar-refractivity contribution in [2.75, 3.05) is 5.32 Å². The van der Waals surface area contributed by atoms with E-state index in [0.717, 1.165) is 19.3 Å². The van der Waals surface area contributed by atoms with E-state index in [1.54, 1.807) is 0 Å². The second-order valence-corrected chi connectivity index (χ2v) is 4.83. The highest BCUT2D eigenvalue weighted by Gasteiger charge is 2.25. The summed E-state index contributed by atoms with van der Waals surface area (Å²) in [5.41, 5.74) is 0.0820. The Hall–Kier alpha value is -1.43. The van der Waals surface area contributed by atoms with E-state index < -0.39 is 5.97 Å². The average Bonchev–Trinajstić information content (AvgIpc) is 2.18. The topological polar surface area (TPSA) is 79.3 Å². The molecule has 0 atom stereocenters. The molecule has 1 aromatic heterocycles. The number of carbonyl (C=O) groups is 2. The molecule has 5 nitrogen and oxygen atoms in total. The van der Waals surface area contributed by atoms with Gasteiger partial charge in [-0.05, 0) is 34.8 Å². The molecule has 0 unspecified atom stereocenters. The summed E-state index contributed by atoms with van der Waals surface area (Å²) in [4.78, 5) is 26.3. The molecule has 17 heavy (non-hydrogen) atoms. The molecule has 2 rings (SSSR count). The predicted molar refractivity (Wildman–Crippen MR) is 64.9 cm³/mol. The highest BCUT2D eigenvalue weighted by molar-refractivity contribution is 9.10.